The van der Waals surface area contributed by atoms with Crippen molar-refractivity contribution in [2.24, 2.45) is 4.99 Å². The zero-order chi connectivity index (χ0) is 24.8. The third-order valence-corrected chi connectivity index (χ3v) is 6.82. The lowest BCUT2D eigenvalue weighted by Crippen LogP contribution is -2.28. The highest BCUT2D eigenvalue weighted by Gasteiger charge is 2.33. The lowest BCUT2D eigenvalue weighted by molar-refractivity contribution is -0.139. The van der Waals surface area contributed by atoms with Crippen LogP contribution in [-0.2, 0) is 16.1 Å². The SMILES string of the molecule is COc1ccc(CN2C(=O)/C(=C/c3ccc(OCC(=O)O)c(I)c3)SC2=Nc2ccccc2)cc1. The second-order valence-corrected chi connectivity index (χ2v) is 9.62. The summed E-state index contributed by atoms with van der Waals surface area (Å²) in [5.41, 5.74) is 2.52. The van der Waals surface area contributed by atoms with Crippen molar-refractivity contribution in [3.8, 4) is 11.5 Å². The van der Waals surface area contributed by atoms with Crippen LogP contribution in [0.1, 0.15) is 11.1 Å². The molecule has 1 N–H and O–H groups in total. The summed E-state index contributed by atoms with van der Waals surface area (Å²) in [5.74, 6) is 0.0527. The summed E-state index contributed by atoms with van der Waals surface area (Å²) in [4.78, 5) is 31.1. The van der Waals surface area contributed by atoms with Crippen LogP contribution < -0.4 is 9.47 Å². The number of thioether (sulfide) groups is 1. The van der Waals surface area contributed by atoms with Gasteiger partial charge >= 0.3 is 5.97 Å². The second-order valence-electron chi connectivity index (χ2n) is 7.45. The zero-order valence-corrected chi connectivity index (χ0v) is 21.7. The number of carbonyl (C=O) groups is 2. The van der Waals surface area contributed by atoms with Gasteiger partial charge in [-0.1, -0.05) is 36.4 Å². The Morgan fingerprint density at radius 2 is 1.86 bits per heavy atom. The number of aliphatic carboxylic acids is 1. The van der Waals surface area contributed by atoms with E-state index in [4.69, 9.17) is 19.6 Å². The average molecular weight is 600 g/mol. The van der Waals surface area contributed by atoms with E-state index in [1.165, 1.54) is 11.8 Å². The Kier molecular flexibility index (Phi) is 8.09. The number of halogens is 1. The van der Waals surface area contributed by atoms with Crippen LogP contribution >= 0.6 is 34.4 Å². The topological polar surface area (TPSA) is 88.4 Å². The number of rotatable bonds is 8. The standard InChI is InChI=1S/C26H21IN2O5S/c1-33-20-10-7-17(8-11-20)15-29-25(32)23(35-26(29)28-19-5-3-2-4-6-19)14-18-9-12-22(21(27)13-18)34-16-24(30)31/h2-14H,15-16H2,1H3,(H,30,31)/b23-14-,28-26?. The summed E-state index contributed by atoms with van der Waals surface area (Å²) in [6.07, 6.45) is 1.81. The van der Waals surface area contributed by atoms with Crippen molar-refractivity contribution in [1.82, 2.24) is 4.90 Å². The van der Waals surface area contributed by atoms with Crippen molar-refractivity contribution in [2.45, 2.75) is 6.54 Å². The van der Waals surface area contributed by atoms with Gasteiger partial charge in [0.15, 0.2) is 11.8 Å². The van der Waals surface area contributed by atoms with Crippen LogP contribution in [0.15, 0.2) is 82.7 Å². The van der Waals surface area contributed by atoms with Crippen LogP contribution in [-0.4, -0.2) is 40.8 Å². The van der Waals surface area contributed by atoms with Crippen molar-refractivity contribution in [2.75, 3.05) is 13.7 Å². The van der Waals surface area contributed by atoms with Crippen molar-refractivity contribution in [3.63, 3.8) is 0 Å². The highest BCUT2D eigenvalue weighted by atomic mass is 127. The number of carboxylic acids is 1. The van der Waals surface area contributed by atoms with E-state index in [9.17, 15) is 9.59 Å². The Morgan fingerprint density at radius 1 is 1.11 bits per heavy atom. The van der Waals surface area contributed by atoms with Gasteiger partial charge in [-0.3, -0.25) is 9.69 Å². The first-order valence-corrected chi connectivity index (χ1v) is 12.4. The molecule has 0 saturated carbocycles. The van der Waals surface area contributed by atoms with E-state index < -0.39 is 12.6 Å². The molecule has 9 heteroatoms. The summed E-state index contributed by atoms with van der Waals surface area (Å²) >= 11 is 3.40. The van der Waals surface area contributed by atoms with E-state index in [1.807, 2.05) is 66.7 Å². The van der Waals surface area contributed by atoms with Crippen LogP contribution in [0.5, 0.6) is 11.5 Å². The van der Waals surface area contributed by atoms with Gasteiger partial charge in [-0.2, -0.15) is 0 Å². The van der Waals surface area contributed by atoms with Gasteiger partial charge in [0.1, 0.15) is 11.5 Å². The zero-order valence-electron chi connectivity index (χ0n) is 18.7. The molecule has 3 aromatic carbocycles. The van der Waals surface area contributed by atoms with Crippen LogP contribution in [0.2, 0.25) is 0 Å². The van der Waals surface area contributed by atoms with Crippen LogP contribution in [0.3, 0.4) is 0 Å². The van der Waals surface area contributed by atoms with Gasteiger partial charge in [0.2, 0.25) is 0 Å². The number of hydrogen-bond donors (Lipinski definition) is 1. The Bertz CT molecular complexity index is 1290. The minimum Gasteiger partial charge on any atom is -0.497 e. The predicted molar refractivity (Wildman–Crippen MR) is 145 cm³/mol. The molecule has 1 aliphatic heterocycles. The molecule has 178 valence electrons. The number of ether oxygens (including phenoxy) is 2. The Morgan fingerprint density at radius 3 is 2.51 bits per heavy atom. The van der Waals surface area contributed by atoms with E-state index >= 15 is 0 Å². The van der Waals surface area contributed by atoms with Gasteiger partial charge in [0.05, 0.1) is 27.8 Å². The average Bonchev–Trinajstić information content (AvgIpc) is 3.13. The van der Waals surface area contributed by atoms with Gasteiger partial charge in [-0.25, -0.2) is 9.79 Å². The number of para-hydroxylation sites is 1. The van der Waals surface area contributed by atoms with Crippen molar-refractivity contribution in [1.29, 1.82) is 0 Å². The van der Waals surface area contributed by atoms with Crippen LogP contribution in [0.4, 0.5) is 5.69 Å². The Labute approximate surface area is 220 Å². The van der Waals surface area contributed by atoms with Gasteiger partial charge in [-0.05, 0) is 88.0 Å². The number of hydrogen-bond acceptors (Lipinski definition) is 6. The molecule has 1 heterocycles. The molecule has 1 fully saturated rings. The molecule has 7 nitrogen and oxygen atoms in total. The number of amidine groups is 1. The highest BCUT2D eigenvalue weighted by molar-refractivity contribution is 14.1. The normalized spacial score (nSPS) is 15.6. The quantitative estimate of drug-likeness (QED) is 0.269. The van der Waals surface area contributed by atoms with E-state index in [0.29, 0.717) is 22.4 Å². The first-order chi connectivity index (χ1) is 16.9. The van der Waals surface area contributed by atoms with Gasteiger partial charge in [0.25, 0.3) is 5.91 Å². The molecule has 0 aliphatic carbocycles. The number of carboxylic acid groups (broad SMARTS) is 1. The van der Waals surface area contributed by atoms with Gasteiger partial charge in [-0.15, -0.1) is 0 Å². The van der Waals surface area contributed by atoms with Gasteiger partial charge < -0.3 is 14.6 Å². The molecule has 0 aromatic heterocycles. The summed E-state index contributed by atoms with van der Waals surface area (Å²) in [6, 6.07) is 22.4. The number of methoxy groups -OCH3 is 1. The molecule has 0 spiro atoms. The predicted octanol–water partition coefficient (Wildman–Crippen LogP) is 5.57. The third kappa shape index (κ3) is 6.43. The molecule has 35 heavy (non-hydrogen) atoms. The summed E-state index contributed by atoms with van der Waals surface area (Å²) < 4.78 is 11.3. The third-order valence-electron chi connectivity index (χ3n) is 4.97. The number of benzene rings is 3. The van der Waals surface area contributed by atoms with E-state index in [1.54, 1.807) is 24.1 Å². The fourth-order valence-electron chi connectivity index (χ4n) is 3.27. The summed E-state index contributed by atoms with van der Waals surface area (Å²) in [5, 5.41) is 9.42. The molecule has 3 aromatic rings. The molecule has 0 radical (unpaired) electrons. The summed E-state index contributed by atoms with van der Waals surface area (Å²) in [7, 11) is 1.61. The lowest BCUT2D eigenvalue weighted by atomic mass is 10.2. The molecule has 1 amide bonds. The van der Waals surface area contributed by atoms with Gasteiger partial charge in [0, 0.05) is 0 Å². The number of aliphatic imine (C=N–C) groups is 1. The number of amides is 1. The molecule has 1 aliphatic rings. The fraction of sp³-hybridized carbons (Fsp3) is 0.115. The van der Waals surface area contributed by atoms with Crippen molar-refractivity contribution < 1.29 is 24.2 Å². The molecule has 1 saturated heterocycles. The van der Waals surface area contributed by atoms with Crippen molar-refractivity contribution >= 4 is 63.2 Å². The molecular weight excluding hydrogens is 579 g/mol. The minimum absolute atomic E-state index is 0.137. The lowest BCUT2D eigenvalue weighted by Gasteiger charge is -2.16. The first-order valence-electron chi connectivity index (χ1n) is 10.5. The Balaban J connectivity index is 1.62. The van der Waals surface area contributed by atoms with Crippen LogP contribution in [0.25, 0.3) is 6.08 Å². The largest absolute Gasteiger partial charge is 0.497 e. The number of carbonyl (C=O) groups excluding carboxylic acids is 1. The van der Waals surface area contributed by atoms with Crippen LogP contribution in [0, 0.1) is 3.57 Å². The van der Waals surface area contributed by atoms with E-state index in [2.05, 4.69) is 22.6 Å². The monoisotopic (exact) mass is 600 g/mol. The second kappa shape index (κ2) is 11.4. The molecule has 0 atom stereocenters. The first kappa shape index (κ1) is 24.8. The highest BCUT2D eigenvalue weighted by Crippen LogP contribution is 2.36. The minimum atomic E-state index is -1.04. The molecule has 0 unspecified atom stereocenters. The van der Waals surface area contributed by atoms with Crippen molar-refractivity contribution in [3.05, 3.63) is 92.4 Å². The maximum absolute atomic E-state index is 13.4. The van der Waals surface area contributed by atoms with E-state index in [0.717, 1.165) is 26.1 Å². The maximum Gasteiger partial charge on any atom is 0.341 e. The molecular formula is C26H21IN2O5S. The maximum atomic E-state index is 13.4. The smallest absolute Gasteiger partial charge is 0.341 e. The molecule has 0 bridgehead atoms. The fourth-order valence-corrected chi connectivity index (χ4v) is 4.97. The van der Waals surface area contributed by atoms with E-state index in [-0.39, 0.29) is 5.91 Å². The number of nitrogens with zero attached hydrogens (tertiary/aromatic N) is 2. The summed E-state index contributed by atoms with van der Waals surface area (Å²) in [6.45, 7) is -0.0389. The Hall–Kier alpha value is -3.31. The molecule has 4 rings (SSSR count).